The minimum absolute atomic E-state index is 0.0265. The lowest BCUT2D eigenvalue weighted by Crippen LogP contribution is -2.27. The van der Waals surface area contributed by atoms with Crippen LogP contribution in [0.3, 0.4) is 0 Å². The predicted octanol–water partition coefficient (Wildman–Crippen LogP) is 5.13. The fourth-order valence-electron chi connectivity index (χ4n) is 2.21. The second-order valence-corrected chi connectivity index (χ2v) is 7.18. The van der Waals surface area contributed by atoms with Crippen LogP contribution in [0.25, 0.3) is 0 Å². The molecule has 0 bridgehead atoms. The van der Waals surface area contributed by atoms with Gasteiger partial charge in [0.05, 0.1) is 12.8 Å². The Morgan fingerprint density at radius 1 is 1.14 bits per heavy atom. The van der Waals surface area contributed by atoms with Crippen LogP contribution in [-0.2, 0) is 9.47 Å². The van der Waals surface area contributed by atoms with Crippen molar-refractivity contribution in [2.75, 3.05) is 18.2 Å². The summed E-state index contributed by atoms with van der Waals surface area (Å²) in [5.41, 5.74) is 4.04. The quantitative estimate of drug-likeness (QED) is 0.517. The number of methoxy groups -OCH3 is 1. The highest BCUT2D eigenvalue weighted by molar-refractivity contribution is 6.35. The number of hydrogen-bond acceptors (Lipinski definition) is 6. The molecule has 2 rings (SSSR count). The van der Waals surface area contributed by atoms with Crippen molar-refractivity contribution >= 4 is 35.0 Å². The Kier molecular flexibility index (Phi) is 6.53. The first-order valence-electron chi connectivity index (χ1n) is 8.26. The van der Waals surface area contributed by atoms with Crippen molar-refractivity contribution in [3.8, 4) is 11.5 Å². The van der Waals surface area contributed by atoms with E-state index in [-0.39, 0.29) is 16.4 Å². The highest BCUT2D eigenvalue weighted by atomic mass is 35.5. The van der Waals surface area contributed by atoms with Crippen LogP contribution < -0.4 is 15.8 Å². The van der Waals surface area contributed by atoms with Crippen molar-refractivity contribution in [3.05, 3.63) is 46.5 Å². The van der Waals surface area contributed by atoms with Gasteiger partial charge in [0, 0.05) is 5.69 Å². The van der Waals surface area contributed by atoms with E-state index in [4.69, 9.17) is 26.8 Å². The van der Waals surface area contributed by atoms with Crippen LogP contribution in [0.5, 0.6) is 11.5 Å². The van der Waals surface area contributed by atoms with Gasteiger partial charge < -0.3 is 19.9 Å². The van der Waals surface area contributed by atoms with Gasteiger partial charge in [-0.2, -0.15) is 0 Å². The first-order chi connectivity index (χ1) is 13.4. The summed E-state index contributed by atoms with van der Waals surface area (Å²) < 4.78 is 43.8. The highest BCUT2D eigenvalue weighted by Gasteiger charge is 2.24. The maximum Gasteiger partial charge on any atom is 0.412 e. The van der Waals surface area contributed by atoms with Crippen molar-refractivity contribution in [1.82, 2.24) is 0 Å². The van der Waals surface area contributed by atoms with Crippen molar-refractivity contribution in [2.45, 2.75) is 26.4 Å². The zero-order valence-electron chi connectivity index (χ0n) is 16.1. The molecule has 0 unspecified atom stereocenters. The van der Waals surface area contributed by atoms with E-state index in [9.17, 15) is 18.4 Å². The van der Waals surface area contributed by atoms with Crippen molar-refractivity contribution in [2.24, 2.45) is 0 Å². The molecule has 7 nitrogen and oxygen atoms in total. The zero-order chi connectivity index (χ0) is 21.9. The van der Waals surface area contributed by atoms with Gasteiger partial charge in [0.25, 0.3) is 0 Å². The summed E-state index contributed by atoms with van der Waals surface area (Å²) in [6.07, 6.45) is -0.830. The number of carbonyl (C=O) groups is 2. The van der Waals surface area contributed by atoms with Crippen molar-refractivity contribution < 1.29 is 32.6 Å². The molecule has 0 heterocycles. The maximum absolute atomic E-state index is 14.7. The summed E-state index contributed by atoms with van der Waals surface area (Å²) in [6, 6.07) is 4.44. The van der Waals surface area contributed by atoms with Crippen LogP contribution in [-0.4, -0.2) is 24.8 Å². The molecule has 0 aromatic heterocycles. The summed E-state index contributed by atoms with van der Waals surface area (Å²) >= 11 is 6.12. The number of nitrogen functional groups attached to an aromatic ring is 1. The lowest BCUT2D eigenvalue weighted by atomic mass is 10.1. The van der Waals surface area contributed by atoms with E-state index in [1.165, 1.54) is 12.1 Å². The second-order valence-electron chi connectivity index (χ2n) is 6.80. The molecule has 29 heavy (non-hydrogen) atoms. The molecule has 0 aliphatic rings. The average Bonchev–Trinajstić information content (AvgIpc) is 2.61. The summed E-state index contributed by atoms with van der Waals surface area (Å²) in [4.78, 5) is 23.7. The van der Waals surface area contributed by atoms with E-state index in [0.29, 0.717) is 0 Å². The molecule has 156 valence electrons. The number of ether oxygens (including phenoxy) is 3. The Morgan fingerprint density at radius 2 is 1.79 bits per heavy atom. The number of hydrogen-bond donors (Lipinski definition) is 2. The van der Waals surface area contributed by atoms with Gasteiger partial charge in [0.1, 0.15) is 16.2 Å². The van der Waals surface area contributed by atoms with Gasteiger partial charge in [-0.25, -0.2) is 18.4 Å². The van der Waals surface area contributed by atoms with Gasteiger partial charge in [-0.15, -0.1) is 0 Å². The largest absolute Gasteiger partial charge is 0.465 e. The molecule has 2 aromatic rings. The maximum atomic E-state index is 14.7. The third-order valence-electron chi connectivity index (χ3n) is 3.42. The first kappa shape index (κ1) is 22.2. The first-order valence-corrected chi connectivity index (χ1v) is 8.64. The SMILES string of the molecule is COC(=O)c1c(N)ccc(Oc2c(F)ccc(NC(=O)OC(C)(C)C)c2Cl)c1F. The standard InChI is InChI=1S/C19H19ClF2N2O5/c1-19(2,3)29-18(26)24-11-7-5-9(21)16(14(11)20)28-12-8-6-10(23)13(15(12)22)17(25)27-4/h5-8H,23H2,1-4H3,(H,24,26). The lowest BCUT2D eigenvalue weighted by molar-refractivity contribution is 0.0593. The number of carbonyl (C=O) groups excluding carboxylic acids is 2. The minimum atomic E-state index is -1.15. The number of esters is 1. The number of halogens is 3. The topological polar surface area (TPSA) is 99.9 Å². The van der Waals surface area contributed by atoms with Gasteiger partial charge in [-0.3, -0.25) is 5.32 Å². The molecular weight excluding hydrogens is 410 g/mol. The molecule has 0 atom stereocenters. The van der Waals surface area contributed by atoms with E-state index in [1.807, 2.05) is 0 Å². The number of anilines is 2. The average molecular weight is 429 g/mol. The molecule has 1 amide bonds. The molecule has 2 aromatic carbocycles. The normalized spacial score (nSPS) is 11.0. The molecular formula is C19H19ClF2N2O5. The monoisotopic (exact) mass is 428 g/mol. The summed E-state index contributed by atoms with van der Waals surface area (Å²) in [7, 11) is 1.05. The summed E-state index contributed by atoms with van der Waals surface area (Å²) in [5, 5.41) is 2.01. The van der Waals surface area contributed by atoms with E-state index in [0.717, 1.165) is 19.2 Å². The summed E-state index contributed by atoms with van der Waals surface area (Å²) in [6.45, 7) is 4.99. The molecule has 0 aliphatic carbocycles. The molecule has 0 spiro atoms. The van der Waals surface area contributed by atoms with Gasteiger partial charge in [-0.05, 0) is 45.0 Å². The van der Waals surface area contributed by atoms with Gasteiger partial charge in [0.15, 0.2) is 23.1 Å². The van der Waals surface area contributed by atoms with Crippen LogP contribution in [0.4, 0.5) is 25.0 Å². The van der Waals surface area contributed by atoms with Crippen LogP contribution in [0.1, 0.15) is 31.1 Å². The second kappa shape index (κ2) is 8.52. The molecule has 3 N–H and O–H groups in total. The third-order valence-corrected chi connectivity index (χ3v) is 3.80. The molecule has 0 aliphatic heterocycles. The third kappa shape index (κ3) is 5.26. The van der Waals surface area contributed by atoms with E-state index in [2.05, 4.69) is 10.1 Å². The number of nitrogens with one attached hydrogen (secondary N) is 1. The molecule has 0 radical (unpaired) electrons. The number of rotatable bonds is 4. The Balaban J connectivity index is 2.40. The van der Waals surface area contributed by atoms with E-state index < -0.39 is 46.4 Å². The van der Waals surface area contributed by atoms with Crippen LogP contribution in [0.2, 0.25) is 5.02 Å². The highest BCUT2D eigenvalue weighted by Crippen LogP contribution is 2.39. The van der Waals surface area contributed by atoms with E-state index in [1.54, 1.807) is 20.8 Å². The number of amides is 1. The number of benzene rings is 2. The minimum Gasteiger partial charge on any atom is -0.465 e. The van der Waals surface area contributed by atoms with Gasteiger partial charge in [0.2, 0.25) is 0 Å². The Morgan fingerprint density at radius 3 is 2.38 bits per heavy atom. The lowest BCUT2D eigenvalue weighted by Gasteiger charge is -2.20. The Hall–Kier alpha value is -3.07. The zero-order valence-corrected chi connectivity index (χ0v) is 16.8. The van der Waals surface area contributed by atoms with Crippen LogP contribution in [0.15, 0.2) is 24.3 Å². The Labute approximate surface area is 170 Å². The fourth-order valence-corrected chi connectivity index (χ4v) is 2.45. The molecule has 0 saturated carbocycles. The summed E-state index contributed by atoms with van der Waals surface area (Å²) in [5.74, 6) is -4.20. The molecule has 0 fully saturated rings. The predicted molar refractivity (Wildman–Crippen MR) is 103 cm³/mol. The number of nitrogens with two attached hydrogens (primary N) is 1. The van der Waals surface area contributed by atoms with Crippen LogP contribution in [0, 0.1) is 11.6 Å². The Bertz CT molecular complexity index is 961. The molecule has 0 saturated heterocycles. The van der Waals surface area contributed by atoms with Crippen molar-refractivity contribution in [1.29, 1.82) is 0 Å². The fraction of sp³-hybridized carbons (Fsp3) is 0.263. The van der Waals surface area contributed by atoms with Crippen molar-refractivity contribution in [3.63, 3.8) is 0 Å². The van der Waals surface area contributed by atoms with Crippen LogP contribution >= 0.6 is 11.6 Å². The molecule has 10 heteroatoms. The van der Waals surface area contributed by atoms with E-state index >= 15 is 0 Å². The smallest absolute Gasteiger partial charge is 0.412 e. The van der Waals surface area contributed by atoms with Gasteiger partial charge >= 0.3 is 12.1 Å². The van der Waals surface area contributed by atoms with Gasteiger partial charge in [-0.1, -0.05) is 11.6 Å².